The van der Waals surface area contributed by atoms with Crippen molar-refractivity contribution in [1.29, 1.82) is 5.41 Å². The van der Waals surface area contributed by atoms with Gasteiger partial charge in [0, 0.05) is 46.4 Å². The molecule has 0 aliphatic rings. The minimum Gasteiger partial charge on any atom is -0.451 e. The van der Waals surface area contributed by atoms with Crippen LogP contribution in [0, 0.1) is 5.41 Å². The molecule has 0 aliphatic heterocycles. The molecule has 2 aromatic carbocycles. The largest absolute Gasteiger partial charge is 0.451 e. The van der Waals surface area contributed by atoms with E-state index in [2.05, 4.69) is 20.6 Å². The number of hydrogen-bond acceptors (Lipinski definition) is 5. The van der Waals surface area contributed by atoms with Crippen molar-refractivity contribution in [3.8, 4) is 11.3 Å². The maximum absolute atomic E-state index is 13.2. The predicted octanol–water partition coefficient (Wildman–Crippen LogP) is 6.45. The van der Waals surface area contributed by atoms with Gasteiger partial charge < -0.3 is 19.6 Å². The van der Waals surface area contributed by atoms with Crippen molar-refractivity contribution >= 4 is 40.6 Å². The summed E-state index contributed by atoms with van der Waals surface area (Å²) in [6.45, 7) is 0.419. The number of amides is 1. The van der Waals surface area contributed by atoms with Crippen molar-refractivity contribution in [2.24, 2.45) is 0 Å². The van der Waals surface area contributed by atoms with Gasteiger partial charge >= 0.3 is 0 Å². The third-order valence-electron chi connectivity index (χ3n) is 5.79. The minimum absolute atomic E-state index is 0.167. The molecule has 0 fully saturated rings. The van der Waals surface area contributed by atoms with E-state index in [1.54, 1.807) is 61.2 Å². The first-order valence-electron chi connectivity index (χ1n) is 11.6. The summed E-state index contributed by atoms with van der Waals surface area (Å²) in [6.07, 6.45) is 6.79. The predicted molar refractivity (Wildman–Crippen MR) is 148 cm³/mol. The number of hydrogen-bond donors (Lipinski definition) is 3. The van der Waals surface area contributed by atoms with E-state index in [0.717, 1.165) is 16.8 Å². The lowest BCUT2D eigenvalue weighted by Crippen LogP contribution is -2.31. The van der Waals surface area contributed by atoms with E-state index in [0.29, 0.717) is 28.0 Å². The Balaban J connectivity index is 1.29. The number of carbonyl (C=O) groups is 1. The van der Waals surface area contributed by atoms with Crippen molar-refractivity contribution in [2.45, 2.75) is 12.6 Å². The van der Waals surface area contributed by atoms with Crippen LogP contribution in [0.4, 0.5) is 5.69 Å². The van der Waals surface area contributed by atoms with Gasteiger partial charge in [0.25, 0.3) is 5.91 Å². The first kappa shape index (κ1) is 25.3. The molecule has 0 bridgehead atoms. The number of aromatic nitrogens is 3. The minimum atomic E-state index is -0.449. The van der Waals surface area contributed by atoms with Gasteiger partial charge in [-0.2, -0.15) is 0 Å². The Morgan fingerprint density at radius 2 is 1.87 bits per heavy atom. The van der Waals surface area contributed by atoms with Crippen molar-refractivity contribution < 1.29 is 9.21 Å². The summed E-state index contributed by atoms with van der Waals surface area (Å²) in [5.41, 5.74) is 2.79. The maximum Gasteiger partial charge on any atom is 0.287 e. The number of pyridine rings is 1. The molecule has 0 saturated carbocycles. The standard InChI is InChI=1S/C28H22Cl2N6O2/c29-19-6-9-21(22(30)15-19)24(16-36-14-13-32-17-36)35-28(37)26-11-10-25(38-26)18-4-7-20(8-5-18)34-27(31)23-3-1-2-12-33-23/h1-15,17,24H,16H2,(H2,31,34)(H,35,37)/t24-/m0/s1. The van der Waals surface area contributed by atoms with Crippen LogP contribution >= 0.6 is 23.2 Å². The molecule has 1 amide bonds. The fourth-order valence-corrected chi connectivity index (χ4v) is 4.43. The molecular formula is C28H22Cl2N6O2. The van der Waals surface area contributed by atoms with Crippen molar-refractivity contribution in [3.05, 3.63) is 125 Å². The first-order valence-corrected chi connectivity index (χ1v) is 12.4. The molecule has 190 valence electrons. The van der Waals surface area contributed by atoms with Crippen LogP contribution in [-0.4, -0.2) is 26.3 Å². The molecule has 3 N–H and O–H groups in total. The Morgan fingerprint density at radius 3 is 2.58 bits per heavy atom. The van der Waals surface area contributed by atoms with E-state index in [-0.39, 0.29) is 17.5 Å². The van der Waals surface area contributed by atoms with Gasteiger partial charge in [-0.1, -0.05) is 35.3 Å². The third kappa shape index (κ3) is 5.94. The highest BCUT2D eigenvalue weighted by Gasteiger charge is 2.21. The second-order valence-electron chi connectivity index (χ2n) is 8.41. The Hall–Kier alpha value is -4.40. The van der Waals surface area contributed by atoms with E-state index < -0.39 is 6.04 Å². The van der Waals surface area contributed by atoms with Gasteiger partial charge in [-0.3, -0.25) is 15.2 Å². The number of imidazole rings is 1. The van der Waals surface area contributed by atoms with Gasteiger partial charge in [-0.15, -0.1) is 0 Å². The van der Waals surface area contributed by atoms with Crippen molar-refractivity contribution in [2.75, 3.05) is 5.32 Å². The summed E-state index contributed by atoms with van der Waals surface area (Å²) in [5, 5.41) is 15.2. The highest BCUT2D eigenvalue weighted by molar-refractivity contribution is 6.35. The number of nitrogens with one attached hydrogen (secondary N) is 3. The number of carbonyl (C=O) groups excluding carboxylic acids is 1. The van der Waals surface area contributed by atoms with E-state index in [4.69, 9.17) is 33.0 Å². The number of rotatable bonds is 8. The molecule has 3 aromatic heterocycles. The number of furan rings is 1. The third-order valence-corrected chi connectivity index (χ3v) is 6.35. The van der Waals surface area contributed by atoms with Crippen LogP contribution in [0.1, 0.15) is 27.9 Å². The molecule has 8 nitrogen and oxygen atoms in total. The second kappa shape index (κ2) is 11.3. The van der Waals surface area contributed by atoms with Crippen molar-refractivity contribution in [3.63, 3.8) is 0 Å². The molecule has 0 unspecified atom stereocenters. The summed E-state index contributed by atoms with van der Waals surface area (Å²) in [7, 11) is 0. The van der Waals surface area contributed by atoms with Gasteiger partial charge in [-0.05, 0) is 66.2 Å². The van der Waals surface area contributed by atoms with Crippen LogP contribution < -0.4 is 10.6 Å². The first-order chi connectivity index (χ1) is 18.5. The number of nitrogens with zero attached hydrogens (tertiary/aromatic N) is 3. The summed E-state index contributed by atoms with van der Waals surface area (Å²) in [6, 6.07) is 20.9. The van der Waals surface area contributed by atoms with Crippen LogP contribution in [0.25, 0.3) is 11.3 Å². The molecule has 0 spiro atoms. The molecule has 1 atom stereocenters. The molecule has 38 heavy (non-hydrogen) atoms. The fourth-order valence-electron chi connectivity index (χ4n) is 3.89. The number of anilines is 1. The average Bonchev–Trinajstić information content (AvgIpc) is 3.62. The lowest BCUT2D eigenvalue weighted by Gasteiger charge is -2.20. The Bertz CT molecular complexity index is 1550. The summed E-state index contributed by atoms with van der Waals surface area (Å²) in [4.78, 5) is 21.4. The van der Waals surface area contributed by atoms with E-state index in [1.807, 2.05) is 41.1 Å². The van der Waals surface area contributed by atoms with Crippen LogP contribution in [0.15, 0.2) is 102 Å². The lowest BCUT2D eigenvalue weighted by atomic mass is 10.1. The van der Waals surface area contributed by atoms with Gasteiger partial charge in [0.15, 0.2) is 5.76 Å². The molecule has 0 aliphatic carbocycles. The zero-order valence-electron chi connectivity index (χ0n) is 19.9. The van der Waals surface area contributed by atoms with Gasteiger partial charge in [0.05, 0.1) is 12.4 Å². The van der Waals surface area contributed by atoms with Crippen molar-refractivity contribution in [1.82, 2.24) is 19.9 Å². The molecule has 5 aromatic rings. The number of benzene rings is 2. The average molecular weight is 545 g/mol. The molecule has 10 heteroatoms. The van der Waals surface area contributed by atoms with Crippen LogP contribution in [0.2, 0.25) is 10.0 Å². The molecule has 5 rings (SSSR count). The summed E-state index contributed by atoms with van der Waals surface area (Å²) < 4.78 is 7.74. The lowest BCUT2D eigenvalue weighted by molar-refractivity contribution is 0.0905. The van der Waals surface area contributed by atoms with Gasteiger partial charge in [0.1, 0.15) is 17.3 Å². The zero-order valence-corrected chi connectivity index (χ0v) is 21.4. The quantitative estimate of drug-likeness (QED) is 0.153. The van der Waals surface area contributed by atoms with Crippen LogP contribution in [0.5, 0.6) is 0 Å². The number of halogens is 2. The second-order valence-corrected chi connectivity index (χ2v) is 9.25. The Morgan fingerprint density at radius 1 is 1.03 bits per heavy atom. The molecule has 0 saturated heterocycles. The van der Waals surface area contributed by atoms with Gasteiger partial charge in [-0.25, -0.2) is 4.98 Å². The highest BCUT2D eigenvalue weighted by atomic mass is 35.5. The van der Waals surface area contributed by atoms with E-state index >= 15 is 0 Å². The SMILES string of the molecule is N=C(Nc1ccc(-c2ccc(C(=O)N[C@@H](Cn3ccnc3)c3ccc(Cl)cc3Cl)o2)cc1)c1ccccn1. The smallest absolute Gasteiger partial charge is 0.287 e. The van der Waals surface area contributed by atoms with E-state index in [1.165, 1.54) is 0 Å². The van der Waals surface area contributed by atoms with E-state index in [9.17, 15) is 4.79 Å². The molecule has 0 radical (unpaired) electrons. The normalized spacial score (nSPS) is 11.6. The Kier molecular flexibility index (Phi) is 7.53. The monoisotopic (exact) mass is 544 g/mol. The van der Waals surface area contributed by atoms with Gasteiger partial charge in [0.2, 0.25) is 0 Å². The zero-order chi connectivity index (χ0) is 26.5. The topological polar surface area (TPSA) is 109 Å². The summed E-state index contributed by atoms with van der Waals surface area (Å²) >= 11 is 12.5. The highest BCUT2D eigenvalue weighted by Crippen LogP contribution is 2.29. The maximum atomic E-state index is 13.2. The van der Waals surface area contributed by atoms with Crippen LogP contribution in [0.3, 0.4) is 0 Å². The molecular weight excluding hydrogens is 523 g/mol. The summed E-state index contributed by atoms with van der Waals surface area (Å²) in [5.74, 6) is 0.521. The number of amidine groups is 1. The Labute approximate surface area is 228 Å². The van der Waals surface area contributed by atoms with Crippen LogP contribution in [-0.2, 0) is 6.54 Å². The molecule has 3 heterocycles. The fraction of sp³-hybridized carbons (Fsp3) is 0.0714.